The molecule has 37 heavy (non-hydrogen) atoms. The number of hydrogen-bond donors (Lipinski definition) is 1. The fourth-order valence-electron chi connectivity index (χ4n) is 3.61. The average molecular weight is 543 g/mol. The van der Waals surface area contributed by atoms with Crippen LogP contribution >= 0.6 is 23.2 Å². The van der Waals surface area contributed by atoms with Crippen LogP contribution in [0.3, 0.4) is 0 Å². The molecule has 190 valence electrons. The molecular formula is C26H21Cl2FN4O4. The molecule has 0 spiro atoms. The molecule has 4 rings (SSSR count). The van der Waals surface area contributed by atoms with Crippen molar-refractivity contribution in [1.29, 1.82) is 0 Å². The summed E-state index contributed by atoms with van der Waals surface area (Å²) in [6.07, 6.45) is 4.31. The van der Waals surface area contributed by atoms with E-state index in [0.717, 1.165) is 5.56 Å². The van der Waals surface area contributed by atoms with E-state index in [4.69, 9.17) is 32.7 Å². The van der Waals surface area contributed by atoms with Crippen molar-refractivity contribution in [3.05, 3.63) is 82.6 Å². The van der Waals surface area contributed by atoms with E-state index in [1.165, 1.54) is 24.7 Å². The molecule has 0 fully saturated rings. The van der Waals surface area contributed by atoms with Gasteiger partial charge in [0.2, 0.25) is 0 Å². The summed E-state index contributed by atoms with van der Waals surface area (Å²) < 4.78 is 25.6. The van der Waals surface area contributed by atoms with Crippen molar-refractivity contribution in [3.63, 3.8) is 0 Å². The first-order valence-electron chi connectivity index (χ1n) is 11.2. The van der Waals surface area contributed by atoms with Crippen LogP contribution in [0.25, 0.3) is 27.8 Å². The van der Waals surface area contributed by atoms with Crippen LogP contribution in [0, 0.1) is 5.82 Å². The molecule has 8 nitrogen and oxygen atoms in total. The van der Waals surface area contributed by atoms with Gasteiger partial charge >= 0.3 is 11.9 Å². The lowest BCUT2D eigenvalue weighted by molar-refractivity contribution is -0.146. The van der Waals surface area contributed by atoms with Crippen LogP contribution in [-0.4, -0.2) is 39.7 Å². The Morgan fingerprint density at radius 1 is 1.03 bits per heavy atom. The van der Waals surface area contributed by atoms with E-state index < -0.39 is 17.8 Å². The number of carbonyl (C=O) groups excluding carboxylic acids is 2. The number of anilines is 1. The second-order valence-electron chi connectivity index (χ2n) is 7.58. The predicted molar refractivity (Wildman–Crippen MR) is 139 cm³/mol. The fourth-order valence-corrected chi connectivity index (χ4v) is 3.91. The second-order valence-corrected chi connectivity index (χ2v) is 8.43. The third kappa shape index (κ3) is 5.58. The highest BCUT2D eigenvalue weighted by molar-refractivity contribution is 6.31. The largest absolute Gasteiger partial charge is 0.462 e. The minimum Gasteiger partial charge on any atom is -0.462 e. The Morgan fingerprint density at radius 2 is 1.70 bits per heavy atom. The number of halogens is 3. The molecule has 1 N–H and O–H groups in total. The van der Waals surface area contributed by atoms with E-state index >= 15 is 0 Å². The van der Waals surface area contributed by atoms with Crippen molar-refractivity contribution in [1.82, 2.24) is 14.5 Å². The van der Waals surface area contributed by atoms with Crippen molar-refractivity contribution < 1.29 is 23.5 Å². The third-order valence-corrected chi connectivity index (χ3v) is 5.81. The van der Waals surface area contributed by atoms with Gasteiger partial charge in [-0.15, -0.1) is 0 Å². The third-order valence-electron chi connectivity index (χ3n) is 5.26. The first-order chi connectivity index (χ1) is 17.8. The van der Waals surface area contributed by atoms with Gasteiger partial charge < -0.3 is 19.4 Å². The zero-order valence-corrected chi connectivity index (χ0v) is 21.3. The number of esters is 2. The van der Waals surface area contributed by atoms with Crippen LogP contribution in [-0.2, 0) is 19.1 Å². The minimum atomic E-state index is -0.838. The second kappa shape index (κ2) is 11.4. The van der Waals surface area contributed by atoms with Crippen molar-refractivity contribution in [2.75, 3.05) is 18.5 Å². The van der Waals surface area contributed by atoms with Crippen LogP contribution in [0.5, 0.6) is 0 Å². The maximum Gasteiger partial charge on any atom is 0.347 e. The van der Waals surface area contributed by atoms with Crippen LogP contribution in [0.4, 0.5) is 10.2 Å². The first kappa shape index (κ1) is 26.1. The molecule has 0 unspecified atom stereocenters. The van der Waals surface area contributed by atoms with Gasteiger partial charge in [-0.1, -0.05) is 35.3 Å². The van der Waals surface area contributed by atoms with E-state index in [1.54, 1.807) is 42.8 Å². The lowest BCUT2D eigenvalue weighted by Gasteiger charge is -2.09. The van der Waals surface area contributed by atoms with Gasteiger partial charge in [0.05, 0.1) is 23.6 Å². The van der Waals surface area contributed by atoms with Gasteiger partial charge in [-0.25, -0.2) is 23.9 Å². The summed E-state index contributed by atoms with van der Waals surface area (Å²) in [5.74, 6) is -1.93. The number of ether oxygens (including phenoxy) is 2. The summed E-state index contributed by atoms with van der Waals surface area (Å²) in [5.41, 5.74) is 2.20. The van der Waals surface area contributed by atoms with Gasteiger partial charge in [0.1, 0.15) is 18.0 Å². The van der Waals surface area contributed by atoms with E-state index in [-0.39, 0.29) is 23.8 Å². The highest BCUT2D eigenvalue weighted by atomic mass is 35.5. The van der Waals surface area contributed by atoms with Crippen LogP contribution in [0.15, 0.2) is 66.8 Å². The number of nitrogens with one attached hydrogen (secondary N) is 1. The topological polar surface area (TPSA) is 95.3 Å². The predicted octanol–water partition coefficient (Wildman–Crippen LogP) is 5.96. The monoisotopic (exact) mass is 542 g/mol. The van der Waals surface area contributed by atoms with E-state index in [1.807, 2.05) is 12.1 Å². The van der Waals surface area contributed by atoms with Crippen LogP contribution < -0.4 is 5.32 Å². The molecule has 0 saturated carbocycles. The maximum atomic E-state index is 13.8. The van der Waals surface area contributed by atoms with E-state index in [2.05, 4.69) is 15.3 Å². The summed E-state index contributed by atoms with van der Waals surface area (Å²) in [7, 11) is 0. The quantitative estimate of drug-likeness (QED) is 0.127. The molecule has 0 radical (unpaired) electrons. The fraction of sp³-hybridized carbons (Fsp3) is 0.154. The Bertz CT molecular complexity index is 1480. The maximum absolute atomic E-state index is 13.8. The van der Waals surface area contributed by atoms with Crippen molar-refractivity contribution in [2.45, 2.75) is 13.8 Å². The van der Waals surface area contributed by atoms with E-state index in [0.29, 0.717) is 33.1 Å². The molecule has 0 aliphatic carbocycles. The summed E-state index contributed by atoms with van der Waals surface area (Å²) in [5, 5.41) is 4.01. The average Bonchev–Trinajstić information content (AvgIpc) is 3.27. The number of rotatable bonds is 8. The summed E-state index contributed by atoms with van der Waals surface area (Å²) in [6.45, 7) is 3.42. The lowest BCUT2D eigenvalue weighted by Crippen LogP contribution is -2.19. The van der Waals surface area contributed by atoms with Gasteiger partial charge in [0, 0.05) is 28.7 Å². The van der Waals surface area contributed by atoms with Gasteiger partial charge in [0.15, 0.2) is 11.2 Å². The van der Waals surface area contributed by atoms with Crippen LogP contribution in [0.1, 0.15) is 13.8 Å². The Kier molecular flexibility index (Phi) is 8.05. The molecule has 0 aliphatic rings. The highest BCUT2D eigenvalue weighted by Gasteiger charge is 2.22. The summed E-state index contributed by atoms with van der Waals surface area (Å²) in [4.78, 5) is 33.5. The number of aromatic nitrogens is 3. The summed E-state index contributed by atoms with van der Waals surface area (Å²) >= 11 is 12.1. The normalized spacial score (nSPS) is 10.7. The van der Waals surface area contributed by atoms with Crippen molar-refractivity contribution in [3.8, 4) is 16.8 Å². The Morgan fingerprint density at radius 3 is 2.32 bits per heavy atom. The first-order valence-corrected chi connectivity index (χ1v) is 12.0. The Labute approximate surface area is 221 Å². The molecule has 0 aliphatic heterocycles. The molecule has 2 heterocycles. The number of benzene rings is 2. The highest BCUT2D eigenvalue weighted by Crippen LogP contribution is 2.36. The molecule has 11 heteroatoms. The summed E-state index contributed by atoms with van der Waals surface area (Å²) in [6, 6.07) is 11.5. The van der Waals surface area contributed by atoms with Gasteiger partial charge in [0.25, 0.3) is 0 Å². The standard InChI is InChI=1S/C26H21Cl2FN4O4/c1-3-36-25(34)18(26(35)37-4-2)12-30-23-22-19(15-5-7-16(27)8-6-15)13-33(24(22)32-14-31-23)17-9-10-21(29)20(28)11-17/h5-14H,3-4H2,1-2H3,(H,30,31,32). The molecule has 0 bridgehead atoms. The van der Waals surface area contributed by atoms with Gasteiger partial charge in [-0.2, -0.15) is 0 Å². The Balaban J connectivity index is 1.90. The Hall–Kier alpha value is -3.95. The molecule has 0 amide bonds. The van der Waals surface area contributed by atoms with Crippen molar-refractivity contribution in [2.24, 2.45) is 0 Å². The number of nitrogens with zero attached hydrogens (tertiary/aromatic N) is 3. The zero-order chi connectivity index (χ0) is 26.5. The number of fused-ring (bicyclic) bond motifs is 1. The van der Waals surface area contributed by atoms with Crippen LogP contribution in [0.2, 0.25) is 10.0 Å². The zero-order valence-electron chi connectivity index (χ0n) is 19.8. The minimum absolute atomic E-state index is 0.0451. The molecule has 2 aromatic carbocycles. The van der Waals surface area contributed by atoms with E-state index in [9.17, 15) is 14.0 Å². The molecule has 0 atom stereocenters. The lowest BCUT2D eigenvalue weighted by atomic mass is 10.1. The number of hydrogen-bond acceptors (Lipinski definition) is 7. The molecule has 4 aromatic rings. The van der Waals surface area contributed by atoms with Crippen molar-refractivity contribution >= 4 is 52.0 Å². The molecule has 0 saturated heterocycles. The van der Waals surface area contributed by atoms with Gasteiger partial charge in [-0.05, 0) is 49.7 Å². The smallest absolute Gasteiger partial charge is 0.347 e. The van der Waals surface area contributed by atoms with Gasteiger partial charge in [-0.3, -0.25) is 0 Å². The number of carbonyl (C=O) groups is 2. The molecule has 2 aromatic heterocycles. The molecular weight excluding hydrogens is 522 g/mol. The SMILES string of the molecule is CCOC(=O)C(=CNc1ncnc2c1c(-c1ccc(Cl)cc1)cn2-c1ccc(F)c(Cl)c1)C(=O)OCC.